The van der Waals surface area contributed by atoms with Crippen LogP contribution in [0.2, 0.25) is 0 Å². The number of carbonyl (C=O) groups is 3. The van der Waals surface area contributed by atoms with Crippen molar-refractivity contribution >= 4 is 17.9 Å². The molecule has 0 saturated carbocycles. The van der Waals surface area contributed by atoms with Gasteiger partial charge in [-0.1, -0.05) is 251 Å². The Labute approximate surface area is 462 Å². The molecule has 0 rings (SSSR count). The van der Waals surface area contributed by atoms with E-state index >= 15 is 0 Å². The van der Waals surface area contributed by atoms with E-state index in [0.717, 1.165) is 148 Å². The minimum atomic E-state index is -0.800. The number of rotatable bonds is 54. The summed E-state index contributed by atoms with van der Waals surface area (Å²) in [6, 6.07) is 0. The molecule has 0 N–H and O–H groups in total. The molecule has 75 heavy (non-hydrogen) atoms. The summed E-state index contributed by atoms with van der Waals surface area (Å²) < 4.78 is 16.9. The van der Waals surface area contributed by atoms with Crippen LogP contribution in [-0.2, 0) is 28.6 Å². The number of carbonyl (C=O) groups excluding carboxylic acids is 3. The number of ether oxygens (including phenoxy) is 3. The van der Waals surface area contributed by atoms with Gasteiger partial charge in [-0.3, -0.25) is 14.4 Å². The van der Waals surface area contributed by atoms with Crippen molar-refractivity contribution in [3.63, 3.8) is 0 Å². The first-order valence-electron chi connectivity index (χ1n) is 30.7. The zero-order valence-electron chi connectivity index (χ0n) is 48.5. The Morgan fingerprint density at radius 1 is 0.280 bits per heavy atom. The van der Waals surface area contributed by atoms with Gasteiger partial charge in [0, 0.05) is 19.3 Å². The van der Waals surface area contributed by atoms with Gasteiger partial charge in [0.15, 0.2) is 6.10 Å². The summed E-state index contributed by atoms with van der Waals surface area (Å²) in [7, 11) is 0. The molecule has 0 amide bonds. The predicted molar refractivity (Wildman–Crippen MR) is 325 cm³/mol. The molecule has 0 saturated heterocycles. The Morgan fingerprint density at radius 2 is 0.520 bits per heavy atom. The normalized spacial score (nSPS) is 13.1. The van der Waals surface area contributed by atoms with Crippen LogP contribution >= 0.6 is 0 Å². The van der Waals surface area contributed by atoms with Crippen molar-refractivity contribution in [2.24, 2.45) is 0 Å². The highest BCUT2D eigenvalue weighted by molar-refractivity contribution is 5.71. The van der Waals surface area contributed by atoms with Crippen LogP contribution < -0.4 is 0 Å². The molecular weight excluding hydrogens is 925 g/mol. The second-order valence-electron chi connectivity index (χ2n) is 19.8. The van der Waals surface area contributed by atoms with E-state index in [-0.39, 0.29) is 31.1 Å². The first kappa shape index (κ1) is 70.5. The largest absolute Gasteiger partial charge is 0.462 e. The van der Waals surface area contributed by atoms with Crippen molar-refractivity contribution in [2.45, 2.75) is 271 Å². The zero-order valence-corrected chi connectivity index (χ0v) is 48.5. The molecule has 0 aromatic carbocycles. The quantitative estimate of drug-likeness (QED) is 0.0261. The maximum atomic E-state index is 12.9. The Balaban J connectivity index is 4.39. The predicted octanol–water partition coefficient (Wildman–Crippen LogP) is 21.0. The summed E-state index contributed by atoms with van der Waals surface area (Å²) in [5.74, 6) is -0.936. The molecule has 1 atom stereocenters. The Hall–Kier alpha value is -4.45. The molecule has 0 aliphatic carbocycles. The fraction of sp³-hybridized carbons (Fsp3) is 0.638. The standard InChI is InChI=1S/C69H112O6/c1-4-7-10-13-16-19-22-24-26-28-30-32-34-36-38-40-42-44-47-50-53-56-59-62-68(71)74-65-66(64-73-67(70)61-58-55-52-49-46-21-18-15-12-9-6-3)75-69(72)63-60-57-54-51-48-45-43-41-39-37-35-33-31-29-27-25-23-20-17-14-11-8-5-2/h7-8,10-11,15-20,24-27,30-33,36,38,42,44,66H,4-6,9,12-14,21-23,28-29,34-35,37,39-41,43,45-65H2,1-3H3/b10-7-,11-8-,18-15-,19-16-,20-17-,26-24-,27-25-,32-30-,33-31-,38-36-,44-42-. The van der Waals surface area contributed by atoms with Crippen molar-refractivity contribution in [1.82, 2.24) is 0 Å². The van der Waals surface area contributed by atoms with Gasteiger partial charge in [-0.25, -0.2) is 0 Å². The van der Waals surface area contributed by atoms with Crippen LogP contribution in [0.1, 0.15) is 265 Å². The molecule has 1 unspecified atom stereocenters. The lowest BCUT2D eigenvalue weighted by atomic mass is 10.0. The second-order valence-corrected chi connectivity index (χ2v) is 19.8. The first-order chi connectivity index (χ1) is 37.0. The third kappa shape index (κ3) is 60.3. The van der Waals surface area contributed by atoms with Crippen LogP contribution in [0, 0.1) is 0 Å². The van der Waals surface area contributed by atoms with Gasteiger partial charge in [0.1, 0.15) is 13.2 Å². The van der Waals surface area contributed by atoms with E-state index < -0.39 is 6.10 Å². The highest BCUT2D eigenvalue weighted by atomic mass is 16.6. The number of hydrogen-bond acceptors (Lipinski definition) is 6. The summed E-state index contributed by atoms with van der Waals surface area (Å²) in [5.41, 5.74) is 0. The Bertz CT molecular complexity index is 1620. The van der Waals surface area contributed by atoms with E-state index in [2.05, 4.69) is 154 Å². The topological polar surface area (TPSA) is 78.9 Å². The van der Waals surface area contributed by atoms with Gasteiger partial charge in [-0.05, 0) is 128 Å². The lowest BCUT2D eigenvalue weighted by Crippen LogP contribution is -2.30. The number of hydrogen-bond donors (Lipinski definition) is 0. The fourth-order valence-corrected chi connectivity index (χ4v) is 8.06. The van der Waals surface area contributed by atoms with E-state index in [0.29, 0.717) is 19.3 Å². The molecule has 6 nitrogen and oxygen atoms in total. The van der Waals surface area contributed by atoms with Crippen LogP contribution in [0.3, 0.4) is 0 Å². The fourth-order valence-electron chi connectivity index (χ4n) is 8.06. The van der Waals surface area contributed by atoms with Crippen LogP contribution in [0.4, 0.5) is 0 Å². The SMILES string of the molecule is CC/C=C\C/C=C\C/C=C\C/C=C\C/C=C\C/C=C\CCCCCCC(=O)OCC(COC(=O)CCCCCCC/C=C\CCCC)OC(=O)CCCCCCCCCCCC/C=C\C/C=C\C/C=C\C/C=C\CC. The van der Waals surface area contributed by atoms with Crippen molar-refractivity contribution in [3.8, 4) is 0 Å². The molecule has 0 bridgehead atoms. The average Bonchev–Trinajstić information content (AvgIpc) is 3.41. The Kier molecular flexibility index (Phi) is 58.4. The van der Waals surface area contributed by atoms with E-state index in [9.17, 15) is 14.4 Å². The van der Waals surface area contributed by atoms with Crippen molar-refractivity contribution in [2.75, 3.05) is 13.2 Å². The monoisotopic (exact) mass is 1040 g/mol. The minimum absolute atomic E-state index is 0.0960. The third-order valence-corrected chi connectivity index (χ3v) is 12.6. The number of allylic oxidation sites excluding steroid dienone is 22. The zero-order chi connectivity index (χ0) is 54.3. The summed E-state index contributed by atoms with van der Waals surface area (Å²) in [5, 5.41) is 0. The van der Waals surface area contributed by atoms with Gasteiger partial charge >= 0.3 is 17.9 Å². The van der Waals surface area contributed by atoms with Gasteiger partial charge in [0.05, 0.1) is 0 Å². The molecule has 0 fully saturated rings. The van der Waals surface area contributed by atoms with E-state index in [1.165, 1.54) is 77.0 Å². The van der Waals surface area contributed by atoms with Gasteiger partial charge in [-0.15, -0.1) is 0 Å². The molecule has 0 aromatic rings. The van der Waals surface area contributed by atoms with Crippen LogP contribution in [-0.4, -0.2) is 37.2 Å². The molecule has 0 aromatic heterocycles. The lowest BCUT2D eigenvalue weighted by Gasteiger charge is -2.18. The highest BCUT2D eigenvalue weighted by Crippen LogP contribution is 2.15. The average molecular weight is 1040 g/mol. The summed E-state index contributed by atoms with van der Waals surface area (Å²) in [6.07, 6.45) is 87.3. The second kappa shape index (κ2) is 62.1. The molecule has 0 heterocycles. The lowest BCUT2D eigenvalue weighted by molar-refractivity contribution is -0.167. The van der Waals surface area contributed by atoms with E-state index in [4.69, 9.17) is 14.2 Å². The van der Waals surface area contributed by atoms with Gasteiger partial charge in [-0.2, -0.15) is 0 Å². The van der Waals surface area contributed by atoms with Gasteiger partial charge in [0.25, 0.3) is 0 Å². The molecule has 0 radical (unpaired) electrons. The molecule has 6 heteroatoms. The maximum absolute atomic E-state index is 12.9. The van der Waals surface area contributed by atoms with Crippen molar-refractivity contribution in [1.29, 1.82) is 0 Å². The third-order valence-electron chi connectivity index (χ3n) is 12.6. The van der Waals surface area contributed by atoms with Crippen LogP contribution in [0.5, 0.6) is 0 Å². The van der Waals surface area contributed by atoms with Crippen molar-refractivity contribution in [3.05, 3.63) is 134 Å². The number of unbranched alkanes of at least 4 members (excludes halogenated alkanes) is 21. The summed E-state index contributed by atoms with van der Waals surface area (Å²) in [6.45, 7) is 6.34. The maximum Gasteiger partial charge on any atom is 0.306 e. The van der Waals surface area contributed by atoms with Crippen LogP contribution in [0.25, 0.3) is 0 Å². The first-order valence-corrected chi connectivity index (χ1v) is 30.7. The molecule has 0 aliphatic heterocycles. The van der Waals surface area contributed by atoms with Crippen LogP contribution in [0.15, 0.2) is 134 Å². The smallest absolute Gasteiger partial charge is 0.306 e. The summed E-state index contributed by atoms with van der Waals surface area (Å²) in [4.78, 5) is 38.2. The molecule has 0 spiro atoms. The van der Waals surface area contributed by atoms with E-state index in [1.54, 1.807) is 0 Å². The molecular formula is C69H112O6. The van der Waals surface area contributed by atoms with E-state index in [1.807, 2.05) is 0 Å². The summed E-state index contributed by atoms with van der Waals surface area (Å²) >= 11 is 0. The Morgan fingerprint density at radius 3 is 0.827 bits per heavy atom. The number of esters is 3. The van der Waals surface area contributed by atoms with Gasteiger partial charge < -0.3 is 14.2 Å². The highest BCUT2D eigenvalue weighted by Gasteiger charge is 2.19. The molecule has 0 aliphatic rings. The van der Waals surface area contributed by atoms with Crippen molar-refractivity contribution < 1.29 is 28.6 Å². The minimum Gasteiger partial charge on any atom is -0.462 e. The van der Waals surface area contributed by atoms with Gasteiger partial charge in [0.2, 0.25) is 0 Å². The molecule has 424 valence electrons.